The fraction of sp³-hybridized carbons (Fsp3) is 0.364. The number of amides is 1. The normalized spacial score (nSPS) is 14.6. The highest BCUT2D eigenvalue weighted by Crippen LogP contribution is 2.15. The number of anilines is 1. The predicted octanol–water partition coefficient (Wildman–Crippen LogP) is 2.70. The number of halogens is 1. The molecule has 0 bridgehead atoms. The first-order valence-electron chi connectivity index (χ1n) is 10.4. The summed E-state index contributed by atoms with van der Waals surface area (Å²) < 4.78 is 1.62. The van der Waals surface area contributed by atoms with Crippen LogP contribution in [0.4, 0.5) is 5.82 Å². The third-order valence-electron chi connectivity index (χ3n) is 5.45. The maximum absolute atomic E-state index is 12.5. The highest BCUT2D eigenvalue weighted by atomic mass is 35.5. The van der Waals surface area contributed by atoms with Gasteiger partial charge in [-0.3, -0.25) is 4.79 Å². The molecule has 2 aromatic heterocycles. The van der Waals surface area contributed by atoms with Crippen molar-refractivity contribution >= 4 is 23.3 Å². The second-order valence-corrected chi connectivity index (χ2v) is 7.94. The predicted molar refractivity (Wildman–Crippen MR) is 121 cm³/mol. The number of carbonyl (C=O) groups is 1. The molecule has 3 heterocycles. The summed E-state index contributed by atoms with van der Waals surface area (Å²) in [5, 5.41) is 7.85. The van der Waals surface area contributed by atoms with Crippen molar-refractivity contribution in [3.8, 4) is 5.69 Å². The second kappa shape index (κ2) is 9.45. The van der Waals surface area contributed by atoms with Gasteiger partial charge in [0.2, 0.25) is 5.82 Å². The Balaban J connectivity index is 1.35. The molecule has 0 aliphatic carbocycles. The summed E-state index contributed by atoms with van der Waals surface area (Å²) >= 11 is 5.94. The summed E-state index contributed by atoms with van der Waals surface area (Å²) in [6.45, 7) is 9.54. The first-order chi connectivity index (χ1) is 15.0. The van der Waals surface area contributed by atoms with Crippen molar-refractivity contribution in [3.63, 3.8) is 0 Å². The molecule has 31 heavy (non-hydrogen) atoms. The van der Waals surface area contributed by atoms with Crippen molar-refractivity contribution in [2.75, 3.05) is 37.6 Å². The number of aromatic nitrogens is 4. The number of likely N-dealkylation sites (N-methyl/N-ethyl adjacent to an activating group) is 1. The van der Waals surface area contributed by atoms with Crippen molar-refractivity contribution in [2.24, 2.45) is 0 Å². The van der Waals surface area contributed by atoms with Gasteiger partial charge < -0.3 is 15.1 Å². The van der Waals surface area contributed by atoms with E-state index in [-0.39, 0.29) is 11.7 Å². The Morgan fingerprint density at radius 2 is 1.84 bits per heavy atom. The van der Waals surface area contributed by atoms with Crippen LogP contribution in [-0.2, 0) is 6.54 Å². The molecule has 1 fully saturated rings. The molecule has 0 atom stereocenters. The molecule has 1 aliphatic heterocycles. The lowest BCUT2D eigenvalue weighted by Gasteiger charge is -2.34. The van der Waals surface area contributed by atoms with Crippen molar-refractivity contribution in [3.05, 3.63) is 64.8 Å². The zero-order valence-electron chi connectivity index (χ0n) is 17.8. The highest BCUT2D eigenvalue weighted by Gasteiger charge is 2.17. The molecule has 1 saturated heterocycles. The Labute approximate surface area is 186 Å². The second-order valence-electron chi connectivity index (χ2n) is 7.50. The lowest BCUT2D eigenvalue weighted by Crippen LogP contribution is -2.46. The smallest absolute Gasteiger partial charge is 0.291 e. The van der Waals surface area contributed by atoms with Gasteiger partial charge >= 0.3 is 0 Å². The van der Waals surface area contributed by atoms with E-state index in [4.69, 9.17) is 11.6 Å². The Morgan fingerprint density at radius 1 is 1.10 bits per heavy atom. The van der Waals surface area contributed by atoms with Crippen LogP contribution in [0.1, 0.15) is 28.9 Å². The van der Waals surface area contributed by atoms with Gasteiger partial charge in [0, 0.05) is 43.9 Å². The molecule has 1 amide bonds. The van der Waals surface area contributed by atoms with Gasteiger partial charge in [0.1, 0.15) is 11.6 Å². The number of hydrogen-bond donors (Lipinski definition) is 1. The SMILES string of the molecule is CCN1CCN(c2ccc(CNC(=O)c3nc(C)n(-c4ccc(Cl)cc4)n3)cn2)CC1. The lowest BCUT2D eigenvalue weighted by molar-refractivity contribution is 0.0940. The minimum Gasteiger partial charge on any atom is -0.354 e. The van der Waals surface area contributed by atoms with Crippen molar-refractivity contribution in [1.82, 2.24) is 30.0 Å². The minimum atomic E-state index is -0.324. The zero-order valence-corrected chi connectivity index (χ0v) is 18.5. The molecule has 0 spiro atoms. The fourth-order valence-electron chi connectivity index (χ4n) is 3.58. The van der Waals surface area contributed by atoms with Crippen LogP contribution >= 0.6 is 11.6 Å². The fourth-order valence-corrected chi connectivity index (χ4v) is 3.70. The van der Waals surface area contributed by atoms with E-state index in [1.807, 2.05) is 30.5 Å². The number of hydrogen-bond acceptors (Lipinski definition) is 6. The van der Waals surface area contributed by atoms with E-state index in [2.05, 4.69) is 37.1 Å². The molecule has 9 heteroatoms. The number of pyridine rings is 1. The quantitative estimate of drug-likeness (QED) is 0.636. The van der Waals surface area contributed by atoms with E-state index in [1.54, 1.807) is 23.7 Å². The Hall–Kier alpha value is -2.97. The third-order valence-corrected chi connectivity index (χ3v) is 5.70. The Kier molecular flexibility index (Phi) is 6.48. The molecule has 0 unspecified atom stereocenters. The van der Waals surface area contributed by atoms with Gasteiger partial charge in [0.15, 0.2) is 0 Å². The summed E-state index contributed by atoms with van der Waals surface area (Å²) in [5.41, 5.74) is 1.73. The zero-order chi connectivity index (χ0) is 21.8. The van der Waals surface area contributed by atoms with Gasteiger partial charge in [-0.15, -0.1) is 5.10 Å². The summed E-state index contributed by atoms with van der Waals surface area (Å²) in [6.07, 6.45) is 1.81. The van der Waals surface area contributed by atoms with Crippen LogP contribution in [0.15, 0.2) is 42.6 Å². The van der Waals surface area contributed by atoms with Gasteiger partial charge in [-0.1, -0.05) is 24.6 Å². The maximum Gasteiger partial charge on any atom is 0.291 e. The van der Waals surface area contributed by atoms with E-state index < -0.39 is 0 Å². The molecular formula is C22H26ClN7O. The first-order valence-corrected chi connectivity index (χ1v) is 10.8. The van der Waals surface area contributed by atoms with Crippen LogP contribution in [0.5, 0.6) is 0 Å². The molecule has 0 saturated carbocycles. The number of carbonyl (C=O) groups excluding carboxylic acids is 1. The van der Waals surface area contributed by atoms with Crippen molar-refractivity contribution in [1.29, 1.82) is 0 Å². The topological polar surface area (TPSA) is 79.2 Å². The largest absolute Gasteiger partial charge is 0.354 e. The number of nitrogens with one attached hydrogen (secondary N) is 1. The van der Waals surface area contributed by atoms with Crippen LogP contribution in [0.3, 0.4) is 0 Å². The van der Waals surface area contributed by atoms with Crippen LogP contribution in [0.2, 0.25) is 5.02 Å². The number of benzene rings is 1. The van der Waals surface area contributed by atoms with Crippen molar-refractivity contribution in [2.45, 2.75) is 20.4 Å². The number of piperazine rings is 1. The first kappa shape index (κ1) is 21.3. The molecule has 1 aromatic carbocycles. The molecule has 4 rings (SSSR count). The van der Waals surface area contributed by atoms with Gasteiger partial charge in [0.25, 0.3) is 5.91 Å². The minimum absolute atomic E-state index is 0.130. The molecule has 3 aromatic rings. The molecule has 162 valence electrons. The standard InChI is InChI=1S/C22H26ClN7O/c1-3-28-10-12-29(13-11-28)20-9-4-17(14-24-20)15-25-22(31)21-26-16(2)30(27-21)19-7-5-18(23)6-8-19/h4-9,14H,3,10-13,15H2,1-2H3,(H,25,31). The molecule has 8 nitrogen and oxygen atoms in total. The van der Waals surface area contributed by atoms with Crippen molar-refractivity contribution < 1.29 is 4.79 Å². The summed E-state index contributed by atoms with van der Waals surface area (Å²) in [6, 6.07) is 11.2. The summed E-state index contributed by atoms with van der Waals surface area (Å²) in [4.78, 5) is 26.1. The molecule has 0 radical (unpaired) electrons. The van der Waals surface area contributed by atoms with Crippen LogP contribution in [0.25, 0.3) is 5.69 Å². The highest BCUT2D eigenvalue weighted by molar-refractivity contribution is 6.30. The summed E-state index contributed by atoms with van der Waals surface area (Å²) in [5.74, 6) is 1.41. The summed E-state index contributed by atoms with van der Waals surface area (Å²) in [7, 11) is 0. The number of nitrogens with zero attached hydrogens (tertiary/aromatic N) is 6. The van der Waals surface area contributed by atoms with Crippen LogP contribution in [-0.4, -0.2) is 63.3 Å². The number of aryl methyl sites for hydroxylation is 1. The van der Waals surface area contributed by atoms with Gasteiger partial charge in [0.05, 0.1) is 5.69 Å². The Morgan fingerprint density at radius 3 is 2.48 bits per heavy atom. The van der Waals surface area contributed by atoms with E-state index in [9.17, 15) is 4.79 Å². The van der Waals surface area contributed by atoms with Crippen LogP contribution in [0, 0.1) is 6.92 Å². The monoisotopic (exact) mass is 439 g/mol. The van der Waals surface area contributed by atoms with E-state index >= 15 is 0 Å². The van der Waals surface area contributed by atoms with E-state index in [0.29, 0.717) is 17.4 Å². The number of rotatable bonds is 6. The third kappa shape index (κ3) is 5.03. The van der Waals surface area contributed by atoms with Gasteiger partial charge in [-0.05, 0) is 49.4 Å². The Bertz CT molecular complexity index is 1030. The van der Waals surface area contributed by atoms with Crippen LogP contribution < -0.4 is 10.2 Å². The van der Waals surface area contributed by atoms with E-state index in [0.717, 1.165) is 49.8 Å². The average Bonchev–Trinajstić information content (AvgIpc) is 3.20. The van der Waals surface area contributed by atoms with E-state index in [1.165, 1.54) is 0 Å². The molecule has 1 aliphatic rings. The van der Waals surface area contributed by atoms with Gasteiger partial charge in [-0.2, -0.15) is 0 Å². The lowest BCUT2D eigenvalue weighted by atomic mass is 10.2. The molecule has 1 N–H and O–H groups in total. The maximum atomic E-state index is 12.5. The average molecular weight is 440 g/mol. The van der Waals surface area contributed by atoms with Gasteiger partial charge in [-0.25, -0.2) is 14.6 Å². The molecular weight excluding hydrogens is 414 g/mol.